The first-order chi connectivity index (χ1) is 13.6. The molecule has 1 atom stereocenters. The Balaban J connectivity index is 1.68. The summed E-state index contributed by atoms with van der Waals surface area (Å²) >= 11 is 0. The number of nitrogens with zero attached hydrogens (tertiary/aromatic N) is 1. The van der Waals surface area contributed by atoms with Crippen molar-refractivity contribution in [3.8, 4) is 0 Å². The molecule has 1 nitrogen and oxygen atoms in total. The van der Waals surface area contributed by atoms with Crippen LogP contribution in [0.3, 0.4) is 0 Å². The van der Waals surface area contributed by atoms with E-state index in [1.165, 1.54) is 17.5 Å². The maximum atomic E-state index is 2.61. The molecular weight excluding hydrogens is 354 g/mol. The van der Waals surface area contributed by atoms with Gasteiger partial charge in [0.25, 0.3) is 0 Å². The summed E-state index contributed by atoms with van der Waals surface area (Å²) in [7, 11) is -1.46. The lowest BCUT2D eigenvalue weighted by Gasteiger charge is -2.32. The van der Waals surface area contributed by atoms with Crippen LogP contribution in [-0.4, -0.2) is 19.5 Å². The molecule has 3 aromatic carbocycles. The molecule has 0 radical (unpaired) electrons. The number of benzene rings is 3. The van der Waals surface area contributed by atoms with Crippen LogP contribution in [-0.2, 0) is 13.1 Å². The molecule has 3 rings (SSSR count). The van der Waals surface area contributed by atoms with Crippen molar-refractivity contribution >= 4 is 13.3 Å². The lowest BCUT2D eigenvalue weighted by molar-refractivity contribution is 0.252. The van der Waals surface area contributed by atoms with Crippen LogP contribution in [0, 0.1) is 0 Å². The van der Waals surface area contributed by atoms with Crippen LogP contribution in [0.1, 0.15) is 24.5 Å². The summed E-state index contributed by atoms with van der Waals surface area (Å²) in [5, 5.41) is 1.57. The highest BCUT2D eigenvalue weighted by Gasteiger charge is 2.30. The van der Waals surface area contributed by atoms with Crippen molar-refractivity contribution in [3.63, 3.8) is 0 Å². The minimum absolute atomic E-state index is 0.740. The molecule has 3 aromatic rings. The molecule has 0 aliphatic heterocycles. The van der Waals surface area contributed by atoms with Crippen molar-refractivity contribution in [2.45, 2.75) is 45.1 Å². The second-order valence-electron chi connectivity index (χ2n) is 8.46. The van der Waals surface area contributed by atoms with E-state index in [4.69, 9.17) is 0 Å². The smallest absolute Gasteiger partial charge is 0.0834 e. The molecule has 0 spiro atoms. The maximum Gasteiger partial charge on any atom is 0.0834 e. The number of hydrogen-bond donors (Lipinski definition) is 0. The first-order valence-electron chi connectivity index (χ1n) is 10.4. The Bertz CT molecular complexity index is 773. The third kappa shape index (κ3) is 5.67. The average Bonchev–Trinajstić information content (AvgIpc) is 2.74. The SMILES string of the molecule is C[C@H](CCN(Cc1ccccc1)Cc1ccccc1)[Si](C)(C)c1ccccc1. The maximum absolute atomic E-state index is 2.61. The zero-order valence-electron chi connectivity index (χ0n) is 17.5. The topological polar surface area (TPSA) is 3.24 Å². The summed E-state index contributed by atoms with van der Waals surface area (Å²) in [6.07, 6.45) is 1.24. The van der Waals surface area contributed by atoms with Gasteiger partial charge in [-0.3, -0.25) is 4.90 Å². The quantitative estimate of drug-likeness (QED) is 0.402. The van der Waals surface area contributed by atoms with Crippen LogP contribution in [0.2, 0.25) is 18.6 Å². The van der Waals surface area contributed by atoms with Crippen molar-refractivity contribution in [1.82, 2.24) is 4.90 Å². The number of rotatable bonds is 9. The van der Waals surface area contributed by atoms with Crippen LogP contribution in [0.25, 0.3) is 0 Å². The van der Waals surface area contributed by atoms with Gasteiger partial charge in [0.1, 0.15) is 0 Å². The monoisotopic (exact) mass is 387 g/mol. The van der Waals surface area contributed by atoms with Crippen molar-refractivity contribution in [3.05, 3.63) is 102 Å². The molecule has 0 aliphatic rings. The van der Waals surface area contributed by atoms with Crippen molar-refractivity contribution < 1.29 is 0 Å². The van der Waals surface area contributed by atoms with E-state index in [-0.39, 0.29) is 0 Å². The molecule has 0 N–H and O–H groups in total. The summed E-state index contributed by atoms with van der Waals surface area (Å²) in [6, 6.07) is 32.9. The molecule has 28 heavy (non-hydrogen) atoms. The Morgan fingerprint density at radius 3 is 1.57 bits per heavy atom. The molecule has 0 aromatic heterocycles. The predicted molar refractivity (Wildman–Crippen MR) is 125 cm³/mol. The minimum Gasteiger partial charge on any atom is -0.295 e. The molecular formula is C26H33NSi. The molecule has 2 heteroatoms. The Kier molecular flexibility index (Phi) is 7.24. The highest BCUT2D eigenvalue weighted by atomic mass is 28.3. The first-order valence-corrected chi connectivity index (χ1v) is 13.5. The zero-order valence-corrected chi connectivity index (χ0v) is 18.5. The molecule has 0 saturated carbocycles. The molecule has 0 heterocycles. The fourth-order valence-corrected chi connectivity index (χ4v) is 6.26. The van der Waals surface area contributed by atoms with Gasteiger partial charge in [0.15, 0.2) is 0 Å². The van der Waals surface area contributed by atoms with Gasteiger partial charge in [0.2, 0.25) is 0 Å². The average molecular weight is 388 g/mol. The van der Waals surface area contributed by atoms with Gasteiger partial charge >= 0.3 is 0 Å². The fraction of sp³-hybridized carbons (Fsp3) is 0.308. The van der Waals surface area contributed by atoms with Gasteiger partial charge in [-0.25, -0.2) is 0 Å². The van der Waals surface area contributed by atoms with Crippen molar-refractivity contribution in [2.24, 2.45) is 0 Å². The molecule has 0 bridgehead atoms. The lowest BCUT2D eigenvalue weighted by atomic mass is 10.1. The van der Waals surface area contributed by atoms with Gasteiger partial charge in [-0.15, -0.1) is 0 Å². The normalized spacial score (nSPS) is 12.9. The fourth-order valence-electron chi connectivity index (χ4n) is 3.79. The van der Waals surface area contributed by atoms with Crippen LogP contribution >= 0.6 is 0 Å². The molecule has 0 fully saturated rings. The van der Waals surface area contributed by atoms with Crippen LogP contribution in [0.5, 0.6) is 0 Å². The van der Waals surface area contributed by atoms with Gasteiger partial charge in [-0.05, 0) is 29.6 Å². The van der Waals surface area contributed by atoms with Crippen molar-refractivity contribution in [2.75, 3.05) is 6.54 Å². The van der Waals surface area contributed by atoms with Gasteiger partial charge in [-0.1, -0.05) is 116 Å². The van der Waals surface area contributed by atoms with E-state index < -0.39 is 8.07 Å². The summed E-state index contributed by atoms with van der Waals surface area (Å²) in [6.45, 7) is 10.7. The minimum atomic E-state index is -1.46. The molecule has 0 aliphatic carbocycles. The first kappa shape index (κ1) is 20.6. The van der Waals surface area contributed by atoms with E-state index in [0.29, 0.717) is 0 Å². The van der Waals surface area contributed by atoms with Gasteiger partial charge in [0, 0.05) is 13.1 Å². The van der Waals surface area contributed by atoms with E-state index in [1.54, 1.807) is 5.19 Å². The Hall–Kier alpha value is -2.16. The van der Waals surface area contributed by atoms with Gasteiger partial charge in [-0.2, -0.15) is 0 Å². The van der Waals surface area contributed by atoms with Gasteiger partial charge < -0.3 is 0 Å². The third-order valence-corrected chi connectivity index (χ3v) is 10.7. The Labute approximate surface area is 172 Å². The van der Waals surface area contributed by atoms with E-state index in [0.717, 1.165) is 25.2 Å². The highest BCUT2D eigenvalue weighted by molar-refractivity contribution is 6.90. The van der Waals surface area contributed by atoms with E-state index >= 15 is 0 Å². The molecule has 0 unspecified atom stereocenters. The lowest BCUT2D eigenvalue weighted by Crippen LogP contribution is -2.45. The van der Waals surface area contributed by atoms with Crippen molar-refractivity contribution in [1.29, 1.82) is 0 Å². The van der Waals surface area contributed by atoms with E-state index in [1.807, 2.05) is 0 Å². The second kappa shape index (κ2) is 9.86. The van der Waals surface area contributed by atoms with E-state index in [2.05, 4.69) is 116 Å². The van der Waals surface area contributed by atoms with Crippen LogP contribution < -0.4 is 5.19 Å². The molecule has 0 saturated heterocycles. The van der Waals surface area contributed by atoms with Crippen LogP contribution in [0.15, 0.2) is 91.0 Å². The molecule has 146 valence electrons. The summed E-state index contributed by atoms with van der Waals surface area (Å²) in [5.74, 6) is 0. The number of hydrogen-bond acceptors (Lipinski definition) is 1. The Morgan fingerprint density at radius 1 is 0.679 bits per heavy atom. The third-order valence-electron chi connectivity index (χ3n) is 6.13. The highest BCUT2D eigenvalue weighted by Crippen LogP contribution is 2.26. The van der Waals surface area contributed by atoms with Crippen LogP contribution in [0.4, 0.5) is 0 Å². The Morgan fingerprint density at radius 2 is 1.11 bits per heavy atom. The standard InChI is InChI=1S/C26H33NSi/c1-23(28(2,3)26-17-11-6-12-18-26)19-20-27(21-24-13-7-4-8-14-24)22-25-15-9-5-10-16-25/h4-18,23H,19-22H2,1-3H3/t23-/m1/s1. The summed E-state index contributed by atoms with van der Waals surface area (Å²) < 4.78 is 0. The zero-order chi connectivity index (χ0) is 19.8. The largest absolute Gasteiger partial charge is 0.295 e. The van der Waals surface area contributed by atoms with Gasteiger partial charge in [0.05, 0.1) is 8.07 Å². The molecule has 0 amide bonds. The second-order valence-corrected chi connectivity index (χ2v) is 13.5. The summed E-state index contributed by atoms with van der Waals surface area (Å²) in [4.78, 5) is 2.61. The van der Waals surface area contributed by atoms with E-state index in [9.17, 15) is 0 Å². The predicted octanol–water partition coefficient (Wildman–Crippen LogP) is 6.08. The summed E-state index contributed by atoms with van der Waals surface area (Å²) in [5.41, 5.74) is 3.53.